The molecule has 506 valence electrons. The number of fused-ring (bicyclic) bond motifs is 1. The number of carbonyl (C=O) groups excluding carboxylic acids is 12. The molecular weight excluding hydrogens is 1210 g/mol. The van der Waals surface area contributed by atoms with Gasteiger partial charge in [0.2, 0.25) is 65.0 Å². The third-order valence-electron chi connectivity index (χ3n) is 14.9. The van der Waals surface area contributed by atoms with Crippen LogP contribution < -0.4 is 75.7 Å². The number of benzene rings is 1. The first-order valence-corrected chi connectivity index (χ1v) is 31.9. The lowest BCUT2D eigenvalue weighted by atomic mass is 10.0. The summed E-state index contributed by atoms with van der Waals surface area (Å²) in [6.45, 7) is 0.978. The van der Waals surface area contributed by atoms with Crippen LogP contribution in [-0.4, -0.2) is 219 Å². The van der Waals surface area contributed by atoms with Gasteiger partial charge in [-0.1, -0.05) is 36.8 Å². The molecule has 4 rings (SSSR count). The molecule has 3 heterocycles. The number of nitrogens with two attached hydrogens (primary N) is 3. The molecule has 1 aromatic rings. The minimum Gasteiger partial charge on any atom is -0.481 e. The lowest BCUT2D eigenvalue weighted by Gasteiger charge is -2.26. The lowest BCUT2D eigenvalue weighted by molar-refractivity contribution is -0.141. The number of hydrogen-bond donors (Lipinski definition) is 15. The number of primary amides is 1. The number of aliphatic carboxylic acids is 1. The van der Waals surface area contributed by atoms with Gasteiger partial charge in [-0.25, -0.2) is 4.79 Å². The number of aliphatic imine (C=N–C) groups is 1. The van der Waals surface area contributed by atoms with Gasteiger partial charge in [0.25, 0.3) is 0 Å². The molecule has 0 aliphatic carbocycles. The fourth-order valence-corrected chi connectivity index (χ4v) is 11.7. The number of urea groups is 1. The van der Waals surface area contributed by atoms with Gasteiger partial charge in [-0.3, -0.25) is 62.5 Å². The Balaban J connectivity index is 1.06. The zero-order valence-corrected chi connectivity index (χ0v) is 52.4. The van der Waals surface area contributed by atoms with E-state index in [0.29, 0.717) is 43.0 Å². The van der Waals surface area contributed by atoms with Crippen LogP contribution in [0.2, 0.25) is 0 Å². The van der Waals surface area contributed by atoms with E-state index in [1.807, 2.05) is 18.8 Å². The number of carboxylic acid groups (broad SMARTS) is 1. The van der Waals surface area contributed by atoms with Crippen LogP contribution >= 0.6 is 11.8 Å². The first-order valence-electron chi connectivity index (χ1n) is 30.8. The maximum Gasteiger partial charge on any atom is 0.317 e. The zero-order chi connectivity index (χ0) is 66.5. The molecule has 18 N–H and O–H groups in total. The lowest BCUT2D eigenvalue weighted by Crippen LogP contribution is -2.58. The summed E-state index contributed by atoms with van der Waals surface area (Å²) in [4.78, 5) is 171. The van der Waals surface area contributed by atoms with Crippen LogP contribution in [0.4, 0.5) is 4.79 Å². The highest BCUT2D eigenvalue weighted by molar-refractivity contribution is 8.00. The Labute approximate surface area is 532 Å². The van der Waals surface area contributed by atoms with E-state index < -0.39 is 108 Å². The van der Waals surface area contributed by atoms with Gasteiger partial charge in [-0.05, 0) is 69.8 Å². The van der Waals surface area contributed by atoms with Crippen molar-refractivity contribution in [2.45, 2.75) is 163 Å². The maximum absolute atomic E-state index is 14.0. The van der Waals surface area contributed by atoms with Crippen molar-refractivity contribution in [3.8, 4) is 0 Å². The highest BCUT2D eigenvalue weighted by atomic mass is 32.2. The Bertz CT molecular complexity index is 2640. The van der Waals surface area contributed by atoms with E-state index in [0.717, 1.165) is 25.0 Å². The zero-order valence-electron chi connectivity index (χ0n) is 51.6. The maximum atomic E-state index is 14.0. The Morgan fingerprint density at radius 1 is 0.615 bits per heavy atom. The molecular formula is C58H92N16O16S. The molecule has 1 aromatic carbocycles. The average molecular weight is 1300 g/mol. The van der Waals surface area contributed by atoms with Gasteiger partial charge in [0, 0.05) is 89.3 Å². The molecule has 3 fully saturated rings. The number of amides is 13. The number of guanidine groups is 1. The van der Waals surface area contributed by atoms with Crippen LogP contribution in [0.5, 0.6) is 0 Å². The van der Waals surface area contributed by atoms with Gasteiger partial charge in [-0.15, -0.1) is 0 Å². The number of thioether (sulfide) groups is 1. The number of ether oxygens (including phenoxy) is 2. The fraction of sp³-hybridized carbons (Fsp3) is 0.655. The van der Waals surface area contributed by atoms with E-state index >= 15 is 0 Å². The number of hydrogen-bond acceptors (Lipinski definition) is 17. The number of nitrogens with zero attached hydrogens (tertiary/aromatic N) is 2. The Kier molecular flexibility index (Phi) is 34.6. The number of carboxylic acids is 1. The molecule has 0 saturated carbocycles. The molecule has 13 amide bonds. The van der Waals surface area contributed by atoms with Crippen LogP contribution in [0.3, 0.4) is 0 Å². The number of likely N-dealkylation sites (N-methyl/N-ethyl adjacent to an activating group) is 1. The summed E-state index contributed by atoms with van der Waals surface area (Å²) in [6.07, 6.45) is 3.62. The molecule has 0 bridgehead atoms. The molecule has 0 radical (unpaired) electrons. The van der Waals surface area contributed by atoms with E-state index in [2.05, 4.69) is 63.5 Å². The van der Waals surface area contributed by atoms with Crippen molar-refractivity contribution in [2.24, 2.45) is 22.2 Å². The average Bonchev–Trinajstić information content (AvgIpc) is 2.07. The van der Waals surface area contributed by atoms with Crippen LogP contribution in [0, 0.1) is 0 Å². The Morgan fingerprint density at radius 2 is 1.15 bits per heavy atom. The molecule has 8 atom stereocenters. The van der Waals surface area contributed by atoms with Gasteiger partial charge in [-0.2, -0.15) is 11.8 Å². The first-order chi connectivity index (χ1) is 43.6. The van der Waals surface area contributed by atoms with Crippen molar-refractivity contribution in [1.29, 1.82) is 0 Å². The van der Waals surface area contributed by atoms with E-state index in [-0.39, 0.29) is 147 Å². The van der Waals surface area contributed by atoms with Crippen molar-refractivity contribution in [1.82, 2.24) is 63.4 Å². The van der Waals surface area contributed by atoms with E-state index in [1.165, 1.54) is 0 Å². The number of unbranched alkanes of at least 4 members (excludes halogenated alkanes) is 3. The monoisotopic (exact) mass is 1300 g/mol. The largest absolute Gasteiger partial charge is 0.481 e. The molecule has 32 nitrogen and oxygen atoms in total. The number of rotatable bonds is 40. The summed E-state index contributed by atoms with van der Waals surface area (Å²) in [6, 6.07) is 2.43. The molecule has 3 saturated heterocycles. The van der Waals surface area contributed by atoms with Gasteiger partial charge < -0.3 is 95.2 Å². The molecule has 3 aliphatic heterocycles. The van der Waals surface area contributed by atoms with Crippen LogP contribution in [0.25, 0.3) is 0 Å². The summed E-state index contributed by atoms with van der Waals surface area (Å²) in [7, 11) is 1.82. The molecule has 8 unspecified atom stereocenters. The highest BCUT2D eigenvalue weighted by Gasteiger charge is 2.46. The Hall–Kier alpha value is -8.33. The predicted octanol–water partition coefficient (Wildman–Crippen LogP) is -3.74. The van der Waals surface area contributed by atoms with Crippen molar-refractivity contribution in [2.75, 3.05) is 78.5 Å². The van der Waals surface area contributed by atoms with Gasteiger partial charge in [0.1, 0.15) is 30.2 Å². The standard InChI is InChI=1S/C58H92N16O16S/c1-74-51-42(73-58(74)88)35-91-43(51)17-5-6-18-44(75)62-23-9-7-14-37(52(59)83)68-48(79)22-21-47(78)65-27-29-90-31-30-89-28-26-64-46(77)20-19-45(76)63-24-10-8-15-39-54(85)70-38(16-11-25-66-57(60)61)53(84)67-34-49(80)69-41(33-50(81)82)56(87)72-40(55(86)71-39)32-36-12-3-2-4-13-36/h2-4,12-13,37-43,51H,5-11,14-35H2,1H3,(H2,59,83)(H,62,75)(H,63,76)(H,64,77)(H,65,78)(H,67,84)(H,68,79)(H,69,80)(H,70,85)(H,71,86)(H,72,87)(H,73,88)(H,81,82)(H4,60,61,66). The molecule has 0 aromatic heterocycles. The third kappa shape index (κ3) is 30.4. The highest BCUT2D eigenvalue weighted by Crippen LogP contribution is 2.36. The summed E-state index contributed by atoms with van der Waals surface area (Å²) in [5.74, 6) is -7.49. The second-order valence-corrected chi connectivity index (χ2v) is 23.4. The van der Waals surface area contributed by atoms with Gasteiger partial charge in [0.15, 0.2) is 5.96 Å². The minimum atomic E-state index is -1.64. The van der Waals surface area contributed by atoms with Gasteiger partial charge >= 0.3 is 12.0 Å². The van der Waals surface area contributed by atoms with E-state index in [1.54, 1.807) is 35.2 Å². The van der Waals surface area contributed by atoms with Gasteiger partial charge in [0.05, 0.1) is 51.5 Å². The predicted molar refractivity (Wildman–Crippen MR) is 333 cm³/mol. The van der Waals surface area contributed by atoms with Crippen LogP contribution in [0.1, 0.15) is 115 Å². The molecule has 91 heavy (non-hydrogen) atoms. The van der Waals surface area contributed by atoms with Crippen molar-refractivity contribution in [3.63, 3.8) is 0 Å². The van der Waals surface area contributed by atoms with E-state index in [4.69, 9.17) is 26.7 Å². The normalized spacial score (nSPS) is 20.5. The quantitative estimate of drug-likeness (QED) is 0.0130. The van der Waals surface area contributed by atoms with Crippen molar-refractivity contribution in [3.05, 3.63) is 35.9 Å². The SMILES string of the molecule is CN1C(=O)NC2CSC(CCCCC(=O)NCCCCC(NC(=O)CCC(=O)NCCOCCOCCNC(=O)CCC(=O)NCCCCC3NC(=O)C(Cc4ccccc4)NC(=O)C(CC(=O)O)NC(=O)CNC(=O)C(CCCN=C(N)N)NC3=O)C(N)=O)C21. The van der Waals surface area contributed by atoms with Crippen molar-refractivity contribution >= 4 is 94.7 Å². The van der Waals surface area contributed by atoms with Crippen LogP contribution in [0.15, 0.2) is 35.3 Å². The smallest absolute Gasteiger partial charge is 0.317 e. The fourth-order valence-electron chi connectivity index (χ4n) is 10.1. The second-order valence-electron chi connectivity index (χ2n) is 22.2. The van der Waals surface area contributed by atoms with Crippen molar-refractivity contribution < 1.29 is 76.9 Å². The number of carbonyl (C=O) groups is 13. The molecule has 33 heteroatoms. The summed E-state index contributed by atoms with van der Waals surface area (Å²) < 4.78 is 10.9. The van der Waals surface area contributed by atoms with Crippen LogP contribution in [-0.2, 0) is 73.4 Å². The summed E-state index contributed by atoms with van der Waals surface area (Å²) in [5, 5.41) is 38.9. The minimum absolute atomic E-state index is 0.00462. The third-order valence-corrected chi connectivity index (χ3v) is 16.4. The second kappa shape index (κ2) is 41.9. The Morgan fingerprint density at radius 3 is 1.77 bits per heavy atom. The van der Waals surface area contributed by atoms with E-state index in [9.17, 15) is 67.4 Å². The topological polar surface area (TPSA) is 487 Å². The first kappa shape index (κ1) is 75.1. The summed E-state index contributed by atoms with van der Waals surface area (Å²) in [5.41, 5.74) is 17.0. The number of nitrogens with one attached hydrogen (secondary N) is 11. The molecule has 0 spiro atoms. The molecule has 3 aliphatic rings. The summed E-state index contributed by atoms with van der Waals surface area (Å²) >= 11 is 1.87.